The van der Waals surface area contributed by atoms with E-state index >= 15 is 0 Å². The SMILES string of the molecule is CCC(NCC(F)F)c1ccc(OC)cc1. The van der Waals surface area contributed by atoms with Crippen LogP contribution in [0, 0.1) is 0 Å². The van der Waals surface area contributed by atoms with Gasteiger partial charge in [0.2, 0.25) is 0 Å². The third-order valence-electron chi connectivity index (χ3n) is 2.44. The molecular formula is C12H17F2NO. The maximum Gasteiger partial charge on any atom is 0.250 e. The molecule has 1 aromatic rings. The lowest BCUT2D eigenvalue weighted by Gasteiger charge is -2.17. The monoisotopic (exact) mass is 229 g/mol. The second-order valence-corrected chi connectivity index (χ2v) is 3.53. The Labute approximate surface area is 94.6 Å². The predicted octanol–water partition coefficient (Wildman–Crippen LogP) is 3.00. The molecule has 0 aliphatic carbocycles. The fraction of sp³-hybridized carbons (Fsp3) is 0.500. The summed E-state index contributed by atoms with van der Waals surface area (Å²) in [7, 11) is 1.60. The third-order valence-corrected chi connectivity index (χ3v) is 2.44. The number of hydrogen-bond donors (Lipinski definition) is 1. The first-order valence-corrected chi connectivity index (χ1v) is 5.32. The molecule has 0 spiro atoms. The highest BCUT2D eigenvalue weighted by atomic mass is 19.3. The zero-order valence-corrected chi connectivity index (χ0v) is 9.54. The molecule has 1 atom stereocenters. The van der Waals surface area contributed by atoms with Crippen LogP contribution in [0.2, 0.25) is 0 Å². The molecule has 0 fully saturated rings. The Hall–Kier alpha value is -1.16. The predicted molar refractivity (Wildman–Crippen MR) is 60.0 cm³/mol. The van der Waals surface area contributed by atoms with Crippen LogP contribution in [0.15, 0.2) is 24.3 Å². The summed E-state index contributed by atoms with van der Waals surface area (Å²) in [6.07, 6.45) is -1.54. The van der Waals surface area contributed by atoms with Crippen molar-refractivity contribution in [1.82, 2.24) is 5.32 Å². The molecule has 2 nitrogen and oxygen atoms in total. The van der Waals surface area contributed by atoms with Crippen molar-refractivity contribution in [3.05, 3.63) is 29.8 Å². The van der Waals surface area contributed by atoms with E-state index < -0.39 is 6.43 Å². The van der Waals surface area contributed by atoms with Gasteiger partial charge in [-0.05, 0) is 24.1 Å². The maximum absolute atomic E-state index is 12.1. The molecular weight excluding hydrogens is 212 g/mol. The molecule has 1 aromatic carbocycles. The van der Waals surface area contributed by atoms with Crippen molar-refractivity contribution < 1.29 is 13.5 Å². The van der Waals surface area contributed by atoms with Gasteiger partial charge in [0.05, 0.1) is 13.7 Å². The van der Waals surface area contributed by atoms with Crippen molar-refractivity contribution in [3.63, 3.8) is 0 Å². The third kappa shape index (κ3) is 3.77. The molecule has 0 amide bonds. The summed E-state index contributed by atoms with van der Waals surface area (Å²) in [6.45, 7) is 1.69. The van der Waals surface area contributed by atoms with E-state index in [0.29, 0.717) is 0 Å². The molecule has 1 N–H and O–H groups in total. The molecule has 0 aliphatic rings. The summed E-state index contributed by atoms with van der Waals surface area (Å²) in [5.74, 6) is 0.771. The molecule has 0 aliphatic heterocycles. The minimum Gasteiger partial charge on any atom is -0.497 e. The number of alkyl halides is 2. The fourth-order valence-corrected chi connectivity index (χ4v) is 1.57. The molecule has 90 valence electrons. The zero-order valence-electron chi connectivity index (χ0n) is 9.54. The Bertz CT molecular complexity index is 300. The van der Waals surface area contributed by atoms with Crippen molar-refractivity contribution in [3.8, 4) is 5.75 Å². The van der Waals surface area contributed by atoms with Crippen LogP contribution in [0.3, 0.4) is 0 Å². The first-order valence-electron chi connectivity index (χ1n) is 5.32. The van der Waals surface area contributed by atoms with Crippen LogP contribution in [-0.2, 0) is 0 Å². The number of halogens is 2. The van der Waals surface area contributed by atoms with Crippen LogP contribution in [0.25, 0.3) is 0 Å². The largest absolute Gasteiger partial charge is 0.497 e. The van der Waals surface area contributed by atoms with Gasteiger partial charge in [0.1, 0.15) is 5.75 Å². The van der Waals surface area contributed by atoms with Crippen LogP contribution >= 0.6 is 0 Å². The number of nitrogens with one attached hydrogen (secondary N) is 1. The summed E-state index contributed by atoms with van der Waals surface area (Å²) in [4.78, 5) is 0. The molecule has 0 bridgehead atoms. The second kappa shape index (κ2) is 6.43. The standard InChI is InChI=1S/C12H17F2NO/c1-3-11(15-8-12(13)14)9-4-6-10(16-2)7-5-9/h4-7,11-12,15H,3,8H2,1-2H3. The minimum absolute atomic E-state index is 0.0279. The van der Waals surface area contributed by atoms with E-state index in [2.05, 4.69) is 5.32 Å². The molecule has 1 rings (SSSR count). The second-order valence-electron chi connectivity index (χ2n) is 3.53. The summed E-state index contributed by atoms with van der Waals surface area (Å²) in [5, 5.41) is 2.83. The van der Waals surface area contributed by atoms with Gasteiger partial charge in [0, 0.05) is 6.04 Å². The van der Waals surface area contributed by atoms with E-state index in [-0.39, 0.29) is 12.6 Å². The summed E-state index contributed by atoms with van der Waals surface area (Å²) in [6, 6.07) is 7.43. The Morgan fingerprint density at radius 3 is 2.31 bits per heavy atom. The van der Waals surface area contributed by atoms with Crippen LogP contribution in [0.1, 0.15) is 24.9 Å². The Morgan fingerprint density at radius 1 is 1.25 bits per heavy atom. The van der Waals surface area contributed by atoms with Crippen molar-refractivity contribution >= 4 is 0 Å². The van der Waals surface area contributed by atoms with Gasteiger partial charge in [-0.1, -0.05) is 19.1 Å². The molecule has 0 aromatic heterocycles. The Morgan fingerprint density at radius 2 is 1.88 bits per heavy atom. The van der Waals surface area contributed by atoms with Gasteiger partial charge in [-0.3, -0.25) is 0 Å². The van der Waals surface area contributed by atoms with E-state index in [1.54, 1.807) is 7.11 Å². The fourth-order valence-electron chi connectivity index (χ4n) is 1.57. The highest BCUT2D eigenvalue weighted by Gasteiger charge is 2.11. The number of benzene rings is 1. The number of methoxy groups -OCH3 is 1. The number of rotatable bonds is 6. The Balaban J connectivity index is 2.63. The molecule has 1 unspecified atom stereocenters. The normalized spacial score (nSPS) is 12.8. The Kier molecular flexibility index (Phi) is 5.19. The van der Waals surface area contributed by atoms with E-state index in [1.165, 1.54) is 0 Å². The van der Waals surface area contributed by atoms with Gasteiger partial charge in [0.25, 0.3) is 6.43 Å². The quantitative estimate of drug-likeness (QED) is 0.809. The topological polar surface area (TPSA) is 21.3 Å². The highest BCUT2D eigenvalue weighted by molar-refractivity contribution is 5.29. The average Bonchev–Trinajstić information content (AvgIpc) is 2.30. The van der Waals surface area contributed by atoms with Crippen molar-refractivity contribution in [2.45, 2.75) is 25.8 Å². The number of ether oxygens (including phenoxy) is 1. The van der Waals surface area contributed by atoms with Gasteiger partial charge in [0.15, 0.2) is 0 Å². The van der Waals surface area contributed by atoms with Crippen LogP contribution in [0.5, 0.6) is 5.75 Å². The summed E-state index contributed by atoms with van der Waals surface area (Å²) < 4.78 is 29.2. The van der Waals surface area contributed by atoms with Gasteiger partial charge in [-0.2, -0.15) is 0 Å². The lowest BCUT2D eigenvalue weighted by atomic mass is 10.0. The zero-order chi connectivity index (χ0) is 12.0. The molecule has 16 heavy (non-hydrogen) atoms. The molecule has 0 saturated heterocycles. The lowest BCUT2D eigenvalue weighted by molar-refractivity contribution is 0.141. The average molecular weight is 229 g/mol. The molecule has 0 radical (unpaired) electrons. The maximum atomic E-state index is 12.1. The lowest BCUT2D eigenvalue weighted by Crippen LogP contribution is -2.26. The van der Waals surface area contributed by atoms with E-state index in [0.717, 1.165) is 17.7 Å². The van der Waals surface area contributed by atoms with Gasteiger partial charge in [-0.15, -0.1) is 0 Å². The van der Waals surface area contributed by atoms with Gasteiger partial charge < -0.3 is 10.1 Å². The minimum atomic E-state index is -2.31. The highest BCUT2D eigenvalue weighted by Crippen LogP contribution is 2.20. The van der Waals surface area contributed by atoms with Gasteiger partial charge in [-0.25, -0.2) is 8.78 Å². The van der Waals surface area contributed by atoms with Crippen molar-refractivity contribution in [2.75, 3.05) is 13.7 Å². The van der Waals surface area contributed by atoms with E-state index in [4.69, 9.17) is 4.74 Å². The number of hydrogen-bond acceptors (Lipinski definition) is 2. The molecule has 0 saturated carbocycles. The van der Waals surface area contributed by atoms with Crippen LogP contribution < -0.4 is 10.1 Å². The molecule has 4 heteroatoms. The molecule has 0 heterocycles. The summed E-state index contributed by atoms with van der Waals surface area (Å²) in [5.41, 5.74) is 1.00. The van der Waals surface area contributed by atoms with Crippen molar-refractivity contribution in [2.24, 2.45) is 0 Å². The van der Waals surface area contributed by atoms with Gasteiger partial charge >= 0.3 is 0 Å². The van der Waals surface area contributed by atoms with Crippen LogP contribution in [0.4, 0.5) is 8.78 Å². The first kappa shape index (κ1) is 12.9. The smallest absolute Gasteiger partial charge is 0.250 e. The van der Waals surface area contributed by atoms with Crippen molar-refractivity contribution in [1.29, 1.82) is 0 Å². The van der Waals surface area contributed by atoms with E-state index in [1.807, 2.05) is 31.2 Å². The first-order chi connectivity index (χ1) is 7.67. The van der Waals surface area contributed by atoms with E-state index in [9.17, 15) is 8.78 Å². The summed E-state index contributed by atoms with van der Waals surface area (Å²) >= 11 is 0. The van der Waals surface area contributed by atoms with Crippen LogP contribution in [-0.4, -0.2) is 20.1 Å².